The fraction of sp³-hybridized carbons (Fsp3) is 0.421. The molecule has 0 fully saturated rings. The first-order chi connectivity index (χ1) is 10.9. The minimum atomic E-state index is -0.0653. The van der Waals surface area contributed by atoms with Crippen LogP contribution in [0.5, 0.6) is 0 Å². The van der Waals surface area contributed by atoms with Crippen LogP contribution in [0.3, 0.4) is 0 Å². The molecule has 0 unspecified atom stereocenters. The van der Waals surface area contributed by atoms with E-state index in [1.807, 2.05) is 12.1 Å². The topological polar surface area (TPSA) is 54.9 Å². The highest BCUT2D eigenvalue weighted by atomic mass is 16.1. The molecule has 0 saturated heterocycles. The largest absolute Gasteiger partial charge is 0.352 e. The van der Waals surface area contributed by atoms with Crippen LogP contribution in [0, 0.1) is 6.92 Å². The smallest absolute Gasteiger partial charge is 0.220 e. The normalized spacial score (nSPS) is 11.3. The Balaban J connectivity index is 1.92. The summed E-state index contributed by atoms with van der Waals surface area (Å²) in [5, 5.41) is 2.98. The van der Waals surface area contributed by atoms with Gasteiger partial charge in [-0.25, -0.2) is 9.97 Å². The maximum absolute atomic E-state index is 12.1. The van der Waals surface area contributed by atoms with Crippen molar-refractivity contribution in [1.82, 2.24) is 15.3 Å². The molecule has 0 atom stereocenters. The minimum Gasteiger partial charge on any atom is -0.352 e. The van der Waals surface area contributed by atoms with Crippen LogP contribution in [-0.4, -0.2) is 15.9 Å². The summed E-state index contributed by atoms with van der Waals surface area (Å²) in [6, 6.07) is 8.18. The van der Waals surface area contributed by atoms with E-state index in [-0.39, 0.29) is 11.3 Å². The number of hydrogen-bond acceptors (Lipinski definition) is 3. The van der Waals surface area contributed by atoms with E-state index >= 15 is 0 Å². The highest BCUT2D eigenvalue weighted by molar-refractivity contribution is 5.76. The highest BCUT2D eigenvalue weighted by Crippen LogP contribution is 2.22. The van der Waals surface area contributed by atoms with Gasteiger partial charge < -0.3 is 5.32 Å². The van der Waals surface area contributed by atoms with Gasteiger partial charge in [-0.15, -0.1) is 0 Å². The van der Waals surface area contributed by atoms with E-state index in [9.17, 15) is 4.79 Å². The average Bonchev–Trinajstić information content (AvgIpc) is 2.51. The molecule has 0 aliphatic carbocycles. The van der Waals surface area contributed by atoms with Gasteiger partial charge in [0.1, 0.15) is 6.33 Å². The minimum absolute atomic E-state index is 0.0527. The number of nitrogens with one attached hydrogen (secondary N) is 1. The predicted molar refractivity (Wildman–Crippen MR) is 92.1 cm³/mol. The summed E-state index contributed by atoms with van der Waals surface area (Å²) in [5.41, 5.74) is 4.34. The molecule has 4 heteroatoms. The zero-order valence-electron chi connectivity index (χ0n) is 14.4. The van der Waals surface area contributed by atoms with E-state index < -0.39 is 0 Å². The van der Waals surface area contributed by atoms with Crippen LogP contribution in [0.2, 0.25) is 0 Å². The Hall–Kier alpha value is -2.23. The number of benzene rings is 1. The van der Waals surface area contributed by atoms with Crippen molar-refractivity contribution in [3.63, 3.8) is 0 Å². The second-order valence-electron chi connectivity index (χ2n) is 6.85. The van der Waals surface area contributed by atoms with Crippen LogP contribution in [0.25, 0.3) is 0 Å². The Morgan fingerprint density at radius 3 is 2.61 bits per heavy atom. The molecule has 2 aromatic rings. The number of carbonyl (C=O) groups is 1. The third-order valence-electron chi connectivity index (χ3n) is 3.86. The molecule has 0 aliphatic heterocycles. The van der Waals surface area contributed by atoms with E-state index in [0.717, 1.165) is 17.7 Å². The van der Waals surface area contributed by atoms with E-state index in [2.05, 4.69) is 55.1 Å². The molecule has 2 rings (SSSR count). The average molecular weight is 311 g/mol. The van der Waals surface area contributed by atoms with Gasteiger partial charge in [-0.2, -0.15) is 0 Å². The number of hydrogen-bond donors (Lipinski definition) is 1. The van der Waals surface area contributed by atoms with Gasteiger partial charge in [0.25, 0.3) is 0 Å². The number of rotatable bonds is 5. The van der Waals surface area contributed by atoms with Crippen LogP contribution >= 0.6 is 0 Å². The maximum Gasteiger partial charge on any atom is 0.220 e. The summed E-state index contributed by atoms with van der Waals surface area (Å²) < 4.78 is 0. The van der Waals surface area contributed by atoms with Crippen LogP contribution in [-0.2, 0) is 23.2 Å². The van der Waals surface area contributed by atoms with Crippen molar-refractivity contribution in [2.45, 2.75) is 52.5 Å². The Morgan fingerprint density at radius 1 is 1.17 bits per heavy atom. The standard InChI is InChI=1S/C19H25N3O/c1-14-7-5-6-8-15(14)9-10-17(23)21-12-16-11-20-13-22-18(16)19(2,3)4/h5-8,11,13H,9-10,12H2,1-4H3,(H,21,23). The summed E-state index contributed by atoms with van der Waals surface area (Å²) in [6.07, 6.45) is 4.60. The van der Waals surface area contributed by atoms with Gasteiger partial charge in [-0.05, 0) is 24.5 Å². The lowest BCUT2D eigenvalue weighted by Crippen LogP contribution is -2.26. The number of aryl methyl sites for hydroxylation is 2. The van der Waals surface area contributed by atoms with Crippen molar-refractivity contribution in [3.05, 3.63) is 59.2 Å². The zero-order chi connectivity index (χ0) is 16.9. The first-order valence-electron chi connectivity index (χ1n) is 7.98. The van der Waals surface area contributed by atoms with Crippen LogP contribution in [0.15, 0.2) is 36.8 Å². The lowest BCUT2D eigenvalue weighted by Gasteiger charge is -2.21. The first kappa shape index (κ1) is 17.1. The lowest BCUT2D eigenvalue weighted by atomic mass is 9.89. The molecule has 0 radical (unpaired) electrons. The summed E-state index contributed by atoms with van der Waals surface area (Å²) in [5.74, 6) is 0.0527. The Kier molecular flexibility index (Phi) is 5.48. The van der Waals surface area contributed by atoms with Crippen molar-refractivity contribution in [1.29, 1.82) is 0 Å². The van der Waals surface area contributed by atoms with Crippen LogP contribution in [0.4, 0.5) is 0 Å². The van der Waals surface area contributed by atoms with E-state index in [1.54, 1.807) is 12.5 Å². The van der Waals surface area contributed by atoms with E-state index in [4.69, 9.17) is 0 Å². The summed E-state index contributed by atoms with van der Waals surface area (Å²) in [7, 11) is 0. The van der Waals surface area contributed by atoms with Crippen LogP contribution in [0.1, 0.15) is 49.6 Å². The fourth-order valence-corrected chi connectivity index (χ4v) is 2.58. The van der Waals surface area contributed by atoms with Crippen molar-refractivity contribution in [2.24, 2.45) is 0 Å². The summed E-state index contributed by atoms with van der Waals surface area (Å²) in [4.78, 5) is 20.6. The molecule has 1 aromatic heterocycles. The molecule has 1 N–H and O–H groups in total. The van der Waals surface area contributed by atoms with Gasteiger partial charge in [0.15, 0.2) is 0 Å². The molecule has 0 spiro atoms. The molecule has 1 amide bonds. The monoisotopic (exact) mass is 311 g/mol. The Bertz CT molecular complexity index is 674. The molecule has 0 aliphatic rings. The molecule has 23 heavy (non-hydrogen) atoms. The quantitative estimate of drug-likeness (QED) is 0.921. The summed E-state index contributed by atoms with van der Waals surface area (Å²) in [6.45, 7) is 8.88. The number of aromatic nitrogens is 2. The van der Waals surface area contributed by atoms with Gasteiger partial charge in [0, 0.05) is 30.1 Å². The van der Waals surface area contributed by atoms with Crippen molar-refractivity contribution in [2.75, 3.05) is 0 Å². The maximum atomic E-state index is 12.1. The molecule has 4 nitrogen and oxygen atoms in total. The van der Waals surface area contributed by atoms with Gasteiger partial charge in [0.2, 0.25) is 5.91 Å². The molecule has 1 heterocycles. The third kappa shape index (κ3) is 4.88. The highest BCUT2D eigenvalue weighted by Gasteiger charge is 2.19. The zero-order valence-corrected chi connectivity index (χ0v) is 14.4. The molecular formula is C19H25N3O. The first-order valence-corrected chi connectivity index (χ1v) is 7.98. The van der Waals surface area contributed by atoms with Gasteiger partial charge in [0.05, 0.1) is 5.69 Å². The fourth-order valence-electron chi connectivity index (χ4n) is 2.58. The van der Waals surface area contributed by atoms with E-state index in [1.165, 1.54) is 11.1 Å². The lowest BCUT2D eigenvalue weighted by molar-refractivity contribution is -0.121. The molecular weight excluding hydrogens is 286 g/mol. The summed E-state index contributed by atoms with van der Waals surface area (Å²) >= 11 is 0. The van der Waals surface area contributed by atoms with E-state index in [0.29, 0.717) is 13.0 Å². The molecule has 0 bridgehead atoms. The third-order valence-corrected chi connectivity index (χ3v) is 3.86. The molecule has 122 valence electrons. The van der Waals surface area contributed by atoms with Crippen molar-refractivity contribution < 1.29 is 4.79 Å². The van der Waals surface area contributed by atoms with Crippen LogP contribution < -0.4 is 5.32 Å². The second kappa shape index (κ2) is 7.36. The van der Waals surface area contributed by atoms with Gasteiger partial charge in [-0.1, -0.05) is 45.0 Å². The van der Waals surface area contributed by atoms with Crippen molar-refractivity contribution >= 4 is 5.91 Å². The molecule has 0 saturated carbocycles. The SMILES string of the molecule is Cc1ccccc1CCC(=O)NCc1cncnc1C(C)(C)C. The number of carbonyl (C=O) groups excluding carboxylic acids is 1. The second-order valence-corrected chi connectivity index (χ2v) is 6.85. The number of nitrogens with zero attached hydrogens (tertiary/aromatic N) is 2. The number of amides is 1. The Labute approximate surface area is 138 Å². The van der Waals surface area contributed by atoms with Gasteiger partial charge in [-0.3, -0.25) is 4.79 Å². The molecule has 1 aromatic carbocycles. The van der Waals surface area contributed by atoms with Crippen molar-refractivity contribution in [3.8, 4) is 0 Å². The van der Waals surface area contributed by atoms with Gasteiger partial charge >= 0.3 is 0 Å². The Morgan fingerprint density at radius 2 is 1.91 bits per heavy atom. The predicted octanol–water partition coefficient (Wildman–Crippen LogP) is 3.33.